The summed E-state index contributed by atoms with van der Waals surface area (Å²) in [7, 11) is 0. The fourth-order valence-electron chi connectivity index (χ4n) is 1.67. The first-order chi connectivity index (χ1) is 8.44. The molecule has 2 aliphatic rings. The van der Waals surface area contributed by atoms with Gasteiger partial charge in [0.15, 0.2) is 0 Å². The molecule has 2 rings (SSSR count). The molecule has 1 aliphatic carbocycles. The quantitative estimate of drug-likeness (QED) is 0.439. The summed E-state index contributed by atoms with van der Waals surface area (Å²) >= 11 is 0. The van der Waals surface area contributed by atoms with E-state index in [2.05, 4.69) is 6.58 Å². The van der Waals surface area contributed by atoms with Gasteiger partial charge in [-0.1, -0.05) is 12.7 Å². The lowest BCUT2D eigenvalue weighted by Crippen LogP contribution is -2.26. The maximum atomic E-state index is 11.8. The summed E-state index contributed by atoms with van der Waals surface area (Å²) in [5, 5.41) is 8.68. The molecular weight excluding hydrogens is 236 g/mol. The fraction of sp³-hybridized carbons (Fsp3) is 0.538. The van der Waals surface area contributed by atoms with Crippen LogP contribution in [0.15, 0.2) is 23.8 Å². The Labute approximate surface area is 105 Å². The number of allylic oxidation sites excluding steroid dienone is 1. The number of rotatable bonds is 6. The van der Waals surface area contributed by atoms with E-state index >= 15 is 0 Å². The average molecular weight is 252 g/mol. The predicted octanol–water partition coefficient (Wildman–Crippen LogP) is 1.44. The molecule has 1 heterocycles. The molecule has 0 spiro atoms. The zero-order valence-corrected chi connectivity index (χ0v) is 10.3. The number of carbonyl (C=O) groups is 2. The number of aliphatic carboxylic acids is 1. The van der Waals surface area contributed by atoms with Gasteiger partial charge < -0.3 is 14.6 Å². The number of hydrogen-bond donors (Lipinski definition) is 1. The number of carboxylic acids is 1. The van der Waals surface area contributed by atoms with Gasteiger partial charge in [0.2, 0.25) is 0 Å². The van der Waals surface area contributed by atoms with E-state index in [0.29, 0.717) is 6.61 Å². The van der Waals surface area contributed by atoms with E-state index in [1.807, 2.05) is 0 Å². The minimum Gasteiger partial charge on any atom is -0.478 e. The van der Waals surface area contributed by atoms with Crippen molar-refractivity contribution >= 4 is 11.9 Å². The minimum atomic E-state index is -0.999. The van der Waals surface area contributed by atoms with Crippen LogP contribution in [0, 0.1) is 0 Å². The lowest BCUT2D eigenvalue weighted by atomic mass is 10.1. The Kier molecular flexibility index (Phi) is 3.26. The van der Waals surface area contributed by atoms with E-state index < -0.39 is 17.5 Å². The van der Waals surface area contributed by atoms with E-state index in [-0.39, 0.29) is 23.7 Å². The summed E-state index contributed by atoms with van der Waals surface area (Å²) in [5.74, 6) is -1.46. The number of carboxylic acid groups (broad SMARTS) is 1. The Hall–Kier alpha value is -1.62. The maximum Gasteiger partial charge on any atom is 0.334 e. The molecule has 1 N–H and O–H groups in total. The number of esters is 1. The lowest BCUT2D eigenvalue weighted by Gasteiger charge is -2.14. The van der Waals surface area contributed by atoms with E-state index in [0.717, 1.165) is 12.8 Å². The SMILES string of the molecule is C=C(CC=C(C)C(=O)O)C(=O)OC1(C2CO2)CC1. The third kappa shape index (κ3) is 2.79. The molecule has 1 atom stereocenters. The summed E-state index contributed by atoms with van der Waals surface area (Å²) in [6.07, 6.45) is 3.37. The predicted molar refractivity (Wildman–Crippen MR) is 62.9 cm³/mol. The molecule has 0 aromatic carbocycles. The summed E-state index contributed by atoms with van der Waals surface area (Å²) in [6.45, 7) is 5.75. The average Bonchev–Trinajstić information content (AvgIpc) is 3.15. The molecule has 1 aliphatic heterocycles. The molecule has 0 amide bonds. The zero-order chi connectivity index (χ0) is 13.3. The first-order valence-corrected chi connectivity index (χ1v) is 5.87. The number of epoxide rings is 1. The number of carbonyl (C=O) groups excluding carboxylic acids is 1. The smallest absolute Gasteiger partial charge is 0.334 e. The summed E-state index contributed by atoms with van der Waals surface area (Å²) in [5.41, 5.74) is 0.0316. The third-order valence-electron chi connectivity index (χ3n) is 3.24. The van der Waals surface area contributed by atoms with Gasteiger partial charge in [-0.15, -0.1) is 0 Å². The van der Waals surface area contributed by atoms with Gasteiger partial charge in [0.25, 0.3) is 0 Å². The Bertz CT molecular complexity index is 427. The highest BCUT2D eigenvalue weighted by Gasteiger charge is 2.59. The van der Waals surface area contributed by atoms with Gasteiger partial charge in [0.05, 0.1) is 6.61 Å². The second kappa shape index (κ2) is 4.57. The summed E-state index contributed by atoms with van der Waals surface area (Å²) < 4.78 is 10.5. The van der Waals surface area contributed by atoms with Crippen LogP contribution in [0.4, 0.5) is 0 Å². The molecule has 1 saturated carbocycles. The molecule has 98 valence electrons. The van der Waals surface area contributed by atoms with E-state index in [9.17, 15) is 9.59 Å². The summed E-state index contributed by atoms with van der Waals surface area (Å²) in [6, 6.07) is 0. The van der Waals surface area contributed by atoms with Crippen molar-refractivity contribution in [1.82, 2.24) is 0 Å². The molecule has 1 unspecified atom stereocenters. The van der Waals surface area contributed by atoms with Crippen molar-refractivity contribution in [3.05, 3.63) is 23.8 Å². The van der Waals surface area contributed by atoms with Gasteiger partial charge in [-0.25, -0.2) is 9.59 Å². The second-order valence-electron chi connectivity index (χ2n) is 4.78. The molecular formula is C13H16O5. The van der Waals surface area contributed by atoms with Crippen molar-refractivity contribution in [1.29, 1.82) is 0 Å². The van der Waals surface area contributed by atoms with Gasteiger partial charge in [-0.3, -0.25) is 0 Å². The van der Waals surface area contributed by atoms with Gasteiger partial charge in [0, 0.05) is 11.1 Å². The Morgan fingerprint density at radius 3 is 2.61 bits per heavy atom. The highest BCUT2D eigenvalue weighted by molar-refractivity contribution is 5.90. The van der Waals surface area contributed by atoms with E-state index in [1.54, 1.807) is 0 Å². The highest BCUT2D eigenvalue weighted by Crippen LogP contribution is 2.48. The minimum absolute atomic E-state index is 0.0468. The van der Waals surface area contributed by atoms with Crippen LogP contribution in [0.5, 0.6) is 0 Å². The first-order valence-electron chi connectivity index (χ1n) is 5.87. The highest BCUT2D eigenvalue weighted by atomic mass is 16.6. The number of hydrogen-bond acceptors (Lipinski definition) is 4. The fourth-order valence-corrected chi connectivity index (χ4v) is 1.67. The molecule has 1 saturated heterocycles. The molecule has 18 heavy (non-hydrogen) atoms. The Morgan fingerprint density at radius 2 is 2.17 bits per heavy atom. The van der Waals surface area contributed by atoms with Crippen LogP contribution in [0.2, 0.25) is 0 Å². The summed E-state index contributed by atoms with van der Waals surface area (Å²) in [4.78, 5) is 22.3. The van der Waals surface area contributed by atoms with Crippen molar-refractivity contribution in [3.63, 3.8) is 0 Å². The van der Waals surface area contributed by atoms with Gasteiger partial charge in [-0.05, 0) is 26.2 Å². The van der Waals surface area contributed by atoms with E-state index in [4.69, 9.17) is 14.6 Å². The topological polar surface area (TPSA) is 76.1 Å². The van der Waals surface area contributed by atoms with E-state index in [1.165, 1.54) is 13.0 Å². The standard InChI is InChI=1S/C13H16O5/c1-8(11(14)15)3-4-9(2)12(16)18-13(5-6-13)10-7-17-10/h3,10H,2,4-7H2,1H3,(H,14,15). The Morgan fingerprint density at radius 1 is 1.56 bits per heavy atom. The van der Waals surface area contributed by atoms with Crippen LogP contribution >= 0.6 is 0 Å². The van der Waals surface area contributed by atoms with Crippen LogP contribution in [-0.2, 0) is 19.1 Å². The monoisotopic (exact) mass is 252 g/mol. The Balaban J connectivity index is 1.84. The molecule has 0 aromatic heterocycles. The zero-order valence-electron chi connectivity index (χ0n) is 10.3. The molecule has 0 aromatic rings. The van der Waals surface area contributed by atoms with Crippen molar-refractivity contribution in [2.24, 2.45) is 0 Å². The van der Waals surface area contributed by atoms with Crippen LogP contribution in [-0.4, -0.2) is 35.4 Å². The van der Waals surface area contributed by atoms with Crippen molar-refractivity contribution in [2.45, 2.75) is 37.9 Å². The van der Waals surface area contributed by atoms with Crippen molar-refractivity contribution < 1.29 is 24.2 Å². The normalized spacial score (nSPS) is 24.3. The molecule has 0 radical (unpaired) electrons. The van der Waals surface area contributed by atoms with Crippen LogP contribution < -0.4 is 0 Å². The van der Waals surface area contributed by atoms with Crippen molar-refractivity contribution in [3.8, 4) is 0 Å². The lowest BCUT2D eigenvalue weighted by molar-refractivity contribution is -0.147. The second-order valence-corrected chi connectivity index (χ2v) is 4.78. The molecule has 5 heteroatoms. The largest absolute Gasteiger partial charge is 0.478 e. The maximum absolute atomic E-state index is 11.8. The van der Waals surface area contributed by atoms with Gasteiger partial charge in [0.1, 0.15) is 11.7 Å². The first kappa shape index (κ1) is 12.8. The van der Waals surface area contributed by atoms with Gasteiger partial charge >= 0.3 is 11.9 Å². The molecule has 0 bridgehead atoms. The van der Waals surface area contributed by atoms with Gasteiger partial charge in [-0.2, -0.15) is 0 Å². The van der Waals surface area contributed by atoms with Crippen LogP contribution in [0.3, 0.4) is 0 Å². The van der Waals surface area contributed by atoms with Crippen LogP contribution in [0.1, 0.15) is 26.2 Å². The molecule has 2 fully saturated rings. The molecule has 5 nitrogen and oxygen atoms in total. The van der Waals surface area contributed by atoms with Crippen molar-refractivity contribution in [2.75, 3.05) is 6.61 Å². The number of ether oxygens (including phenoxy) is 2. The third-order valence-corrected chi connectivity index (χ3v) is 3.24. The van der Waals surface area contributed by atoms with Crippen LogP contribution in [0.25, 0.3) is 0 Å².